The van der Waals surface area contributed by atoms with Crippen LogP contribution in [-0.2, 0) is 28.8 Å². The minimum absolute atomic E-state index is 0.126. The lowest BCUT2D eigenvalue weighted by atomic mass is 9.69. The second-order valence-electron chi connectivity index (χ2n) is 10.9. The molecule has 2 aliphatic carbocycles. The fraction of sp³-hybridized carbons (Fsp3) is 0.846. The zero-order valence-electron chi connectivity index (χ0n) is 22.9. The Morgan fingerprint density at radius 2 is 1.77 bits per heavy atom. The first-order valence-corrected chi connectivity index (χ1v) is 14.1. The topological polar surface area (TPSA) is 105 Å². The summed E-state index contributed by atoms with van der Waals surface area (Å²) >= 11 is 6.29. The molecule has 9 unspecified atom stereocenters. The molecule has 14 heteroatoms. The largest absolute Gasteiger partial charge is 0.364 e. The molecule has 228 valence electrons. The molecular weight excluding hydrogens is 562 g/mol. The van der Waals surface area contributed by atoms with Crippen LogP contribution in [0.5, 0.6) is 0 Å². The molecule has 1 saturated heterocycles. The molecule has 0 aromatic carbocycles. The van der Waals surface area contributed by atoms with Crippen LogP contribution < -0.4 is 5.32 Å². The first kappa shape index (κ1) is 32.5. The van der Waals surface area contributed by atoms with Crippen LogP contribution in [0.15, 0.2) is 0 Å². The van der Waals surface area contributed by atoms with E-state index >= 15 is 0 Å². The molecule has 2 saturated carbocycles. The molecule has 0 radical (unpaired) electrons. The zero-order valence-corrected chi connectivity index (χ0v) is 23.6. The molecule has 9 atom stereocenters. The normalized spacial score (nSPS) is 35.0. The molecule has 0 bridgehead atoms. The van der Waals surface area contributed by atoms with E-state index < -0.39 is 73.9 Å². The average molecular weight is 600 g/mol. The van der Waals surface area contributed by atoms with Gasteiger partial charge in [-0.25, -0.2) is 22.6 Å². The third-order valence-electron chi connectivity index (χ3n) is 8.01. The van der Waals surface area contributed by atoms with Gasteiger partial charge >= 0.3 is 0 Å². The Bertz CT molecular complexity index is 921. The molecule has 3 aliphatic rings. The number of hydroxylamine groups is 2. The first-order valence-electron chi connectivity index (χ1n) is 13.7. The smallest absolute Gasteiger partial charge is 0.248 e. The number of ether oxygens (including phenoxy) is 1. The number of rotatable bonds is 11. The number of hydrogen-bond acceptors (Lipinski definition) is 6. The van der Waals surface area contributed by atoms with E-state index in [-0.39, 0.29) is 42.2 Å². The Kier molecular flexibility index (Phi) is 11.6. The molecule has 3 rings (SSSR count). The second kappa shape index (κ2) is 14.3. The number of nitrogens with one attached hydrogen (secondary N) is 1. The van der Waals surface area contributed by atoms with Crippen molar-refractivity contribution in [1.82, 2.24) is 15.3 Å². The highest BCUT2D eigenvalue weighted by atomic mass is 35.5. The summed E-state index contributed by atoms with van der Waals surface area (Å²) in [7, 11) is 1.30. The van der Waals surface area contributed by atoms with Crippen molar-refractivity contribution < 1.29 is 46.3 Å². The molecule has 3 fully saturated rings. The van der Waals surface area contributed by atoms with Gasteiger partial charge in [0.2, 0.25) is 17.7 Å². The number of amides is 3. The molecule has 1 heterocycles. The third kappa shape index (κ3) is 7.84. The molecule has 40 heavy (non-hydrogen) atoms. The summed E-state index contributed by atoms with van der Waals surface area (Å²) in [5.41, 5.74) is 0. The van der Waals surface area contributed by atoms with Crippen molar-refractivity contribution in [3.63, 3.8) is 0 Å². The quantitative estimate of drug-likeness (QED) is 0.222. The lowest BCUT2D eigenvalue weighted by Crippen LogP contribution is -2.56. The van der Waals surface area contributed by atoms with Crippen LogP contribution in [0.2, 0.25) is 0 Å². The van der Waals surface area contributed by atoms with E-state index in [0.717, 1.165) is 17.9 Å². The van der Waals surface area contributed by atoms with Gasteiger partial charge in [-0.15, -0.1) is 11.6 Å². The highest BCUT2D eigenvalue weighted by Gasteiger charge is 2.48. The number of halogens is 5. The minimum atomic E-state index is -2.49. The summed E-state index contributed by atoms with van der Waals surface area (Å²) in [4.78, 5) is 58.1. The number of Topliss-reactive ketones (excluding diaryl/α,β-unsaturated/α-hetero) is 1. The predicted molar refractivity (Wildman–Crippen MR) is 136 cm³/mol. The van der Waals surface area contributed by atoms with E-state index in [1.165, 1.54) is 11.9 Å². The number of fused-ring (bicyclic) bond motifs is 1. The van der Waals surface area contributed by atoms with Crippen LogP contribution in [0.3, 0.4) is 0 Å². The maximum absolute atomic E-state index is 14.2. The lowest BCUT2D eigenvalue weighted by Gasteiger charge is -2.45. The van der Waals surface area contributed by atoms with Gasteiger partial charge in [-0.2, -0.15) is 0 Å². The van der Waals surface area contributed by atoms with Gasteiger partial charge in [0, 0.05) is 31.3 Å². The van der Waals surface area contributed by atoms with E-state index in [9.17, 15) is 36.7 Å². The van der Waals surface area contributed by atoms with E-state index in [4.69, 9.17) is 21.2 Å². The second-order valence-corrected chi connectivity index (χ2v) is 11.5. The molecule has 0 spiro atoms. The van der Waals surface area contributed by atoms with Crippen molar-refractivity contribution in [1.29, 1.82) is 0 Å². The van der Waals surface area contributed by atoms with E-state index in [2.05, 4.69) is 5.32 Å². The van der Waals surface area contributed by atoms with Crippen molar-refractivity contribution in [2.75, 3.05) is 33.4 Å². The molecule has 1 aliphatic heterocycles. The Hall–Kier alpha value is -1.99. The molecule has 9 nitrogen and oxygen atoms in total. The summed E-state index contributed by atoms with van der Waals surface area (Å²) in [6.45, 7) is 2.71. The number of alkyl halides is 5. The Morgan fingerprint density at radius 1 is 1.12 bits per heavy atom. The number of carbonyl (C=O) groups excluding carboxylic acids is 4. The van der Waals surface area contributed by atoms with Crippen molar-refractivity contribution in [2.45, 2.75) is 88.2 Å². The highest BCUT2D eigenvalue weighted by Crippen LogP contribution is 2.41. The van der Waals surface area contributed by atoms with Gasteiger partial charge in [-0.05, 0) is 38.0 Å². The van der Waals surface area contributed by atoms with Gasteiger partial charge in [0.05, 0.1) is 25.6 Å². The Balaban J connectivity index is 1.67. The molecule has 0 aromatic heterocycles. The van der Waals surface area contributed by atoms with Crippen LogP contribution in [0.4, 0.5) is 17.6 Å². The van der Waals surface area contributed by atoms with Crippen LogP contribution >= 0.6 is 11.6 Å². The van der Waals surface area contributed by atoms with Crippen LogP contribution in [0.25, 0.3) is 0 Å². The summed E-state index contributed by atoms with van der Waals surface area (Å²) < 4.78 is 60.8. The van der Waals surface area contributed by atoms with Gasteiger partial charge in [0.15, 0.2) is 18.1 Å². The van der Waals surface area contributed by atoms with Crippen LogP contribution in [0, 0.1) is 17.8 Å². The SMILES string of the molecule is CCON(C)C(=O)CC(NC(=O)CN1CC(C)C2CCC(Cl)CC2C1=O)C(=O)COC1C(F)C(F)CC(F)C1F. The van der Waals surface area contributed by atoms with Crippen LogP contribution in [0.1, 0.15) is 46.0 Å². The number of likely N-dealkylation sites (tertiary alicyclic amines) is 1. The van der Waals surface area contributed by atoms with E-state index in [1.807, 2.05) is 6.92 Å². The summed E-state index contributed by atoms with van der Waals surface area (Å²) in [6, 6.07) is -1.52. The third-order valence-corrected chi connectivity index (χ3v) is 8.40. The fourth-order valence-corrected chi connectivity index (χ4v) is 6.13. The number of carbonyl (C=O) groups is 4. The monoisotopic (exact) mass is 599 g/mol. The van der Waals surface area contributed by atoms with E-state index in [0.29, 0.717) is 13.0 Å². The number of nitrogens with zero attached hydrogens (tertiary/aromatic N) is 2. The van der Waals surface area contributed by atoms with Crippen molar-refractivity contribution >= 4 is 35.1 Å². The Morgan fingerprint density at radius 3 is 2.40 bits per heavy atom. The van der Waals surface area contributed by atoms with Gasteiger partial charge in [0.1, 0.15) is 25.1 Å². The maximum atomic E-state index is 14.2. The standard InChI is InChI=1S/C26H38ClF4N3O6/c1-4-40-33(3)22(37)9-19(20(35)12-39-25-23(30)17(28)8-18(29)24(25)31)32-21(36)11-34-10-13(2)15-6-5-14(27)7-16(15)26(34)38/h13-19,23-25H,4-12H2,1-3H3,(H,32,36). The van der Waals surface area contributed by atoms with Crippen molar-refractivity contribution in [3.05, 3.63) is 0 Å². The predicted octanol–water partition coefficient (Wildman–Crippen LogP) is 2.48. The zero-order chi connectivity index (χ0) is 29.7. The van der Waals surface area contributed by atoms with Gasteiger partial charge < -0.3 is 15.0 Å². The summed E-state index contributed by atoms with van der Waals surface area (Å²) in [5.74, 6) is -2.59. The fourth-order valence-electron chi connectivity index (χ4n) is 5.81. The lowest BCUT2D eigenvalue weighted by molar-refractivity contribution is -0.177. The number of ketones is 1. The van der Waals surface area contributed by atoms with Crippen molar-refractivity contribution in [2.24, 2.45) is 17.8 Å². The summed E-state index contributed by atoms with van der Waals surface area (Å²) in [5, 5.41) is 3.15. The van der Waals surface area contributed by atoms with Gasteiger partial charge in [0.25, 0.3) is 0 Å². The average Bonchev–Trinajstić information content (AvgIpc) is 2.89. The minimum Gasteiger partial charge on any atom is -0.364 e. The maximum Gasteiger partial charge on any atom is 0.248 e. The molecule has 0 aromatic rings. The van der Waals surface area contributed by atoms with Crippen molar-refractivity contribution in [3.8, 4) is 0 Å². The molecule has 1 N–H and O–H groups in total. The molecule has 3 amide bonds. The number of hydrogen-bond donors (Lipinski definition) is 1. The van der Waals surface area contributed by atoms with Gasteiger partial charge in [-0.3, -0.25) is 24.0 Å². The van der Waals surface area contributed by atoms with Gasteiger partial charge in [-0.1, -0.05) is 6.92 Å². The Labute approximate surface area is 236 Å². The first-order chi connectivity index (χ1) is 18.8. The highest BCUT2D eigenvalue weighted by molar-refractivity contribution is 6.20. The van der Waals surface area contributed by atoms with E-state index in [1.54, 1.807) is 6.92 Å². The number of piperidine rings is 1. The summed E-state index contributed by atoms with van der Waals surface area (Å²) in [6.07, 6.45) is -11.1. The molecular formula is C26H38ClF4N3O6. The van der Waals surface area contributed by atoms with Crippen LogP contribution in [-0.4, -0.2) is 109 Å².